The van der Waals surface area contributed by atoms with Crippen LogP contribution in [0.5, 0.6) is 0 Å². The van der Waals surface area contributed by atoms with Crippen LogP contribution in [0.2, 0.25) is 0 Å². The number of rotatable bonds is 4. The van der Waals surface area contributed by atoms with Crippen LogP contribution in [0.25, 0.3) is 6.08 Å². The van der Waals surface area contributed by atoms with Gasteiger partial charge in [-0.05, 0) is 42.8 Å². The number of amides is 2. The quantitative estimate of drug-likeness (QED) is 0.899. The van der Waals surface area contributed by atoms with E-state index >= 15 is 0 Å². The molecule has 0 aliphatic carbocycles. The van der Waals surface area contributed by atoms with Gasteiger partial charge in [-0.3, -0.25) is 0 Å². The zero-order valence-electron chi connectivity index (χ0n) is 13.1. The zero-order valence-corrected chi connectivity index (χ0v) is 13.1. The van der Waals surface area contributed by atoms with Crippen molar-refractivity contribution in [3.63, 3.8) is 0 Å². The van der Waals surface area contributed by atoms with Crippen molar-refractivity contribution >= 4 is 23.5 Å². The Balaban J connectivity index is 1.86. The highest BCUT2D eigenvalue weighted by atomic mass is 16.2. The topological polar surface area (TPSA) is 44.4 Å². The lowest BCUT2D eigenvalue weighted by Gasteiger charge is -2.12. The van der Waals surface area contributed by atoms with Gasteiger partial charge in [0.1, 0.15) is 0 Å². The Morgan fingerprint density at radius 1 is 1.00 bits per heavy atom. The summed E-state index contributed by atoms with van der Waals surface area (Å²) in [6, 6.07) is 15.5. The Bertz CT molecular complexity index is 643. The normalized spacial score (nSPS) is 10.5. The Labute approximate surface area is 131 Å². The Hall–Kier alpha value is -2.75. The minimum Gasteiger partial charge on any atom is -0.378 e. The maximum absolute atomic E-state index is 11.8. The third-order valence-corrected chi connectivity index (χ3v) is 3.21. The lowest BCUT2D eigenvalue weighted by atomic mass is 10.1. The molecule has 2 aromatic carbocycles. The van der Waals surface area contributed by atoms with Gasteiger partial charge in [-0.1, -0.05) is 29.8 Å². The fraction of sp³-hybridized carbons (Fsp3) is 0.167. The van der Waals surface area contributed by atoms with Gasteiger partial charge in [0.15, 0.2) is 0 Å². The highest BCUT2D eigenvalue weighted by Gasteiger charge is 2.00. The Morgan fingerprint density at radius 2 is 1.64 bits per heavy atom. The summed E-state index contributed by atoms with van der Waals surface area (Å²) in [7, 11) is 3.95. The minimum atomic E-state index is -0.263. The van der Waals surface area contributed by atoms with E-state index < -0.39 is 0 Å². The molecule has 0 saturated heterocycles. The van der Waals surface area contributed by atoms with Gasteiger partial charge in [0.05, 0.1) is 0 Å². The van der Waals surface area contributed by atoms with Crippen molar-refractivity contribution in [3.05, 3.63) is 65.9 Å². The molecule has 0 radical (unpaired) electrons. The molecule has 22 heavy (non-hydrogen) atoms. The second kappa shape index (κ2) is 7.31. The molecule has 2 N–H and O–H groups in total. The van der Waals surface area contributed by atoms with E-state index in [0.717, 1.165) is 16.9 Å². The first-order valence-electron chi connectivity index (χ1n) is 7.13. The van der Waals surface area contributed by atoms with E-state index in [2.05, 4.69) is 10.6 Å². The number of benzene rings is 2. The van der Waals surface area contributed by atoms with Gasteiger partial charge in [0.2, 0.25) is 0 Å². The van der Waals surface area contributed by atoms with Crippen LogP contribution in [0.15, 0.2) is 54.7 Å². The molecule has 0 aromatic heterocycles. The number of carbonyl (C=O) groups is 1. The summed E-state index contributed by atoms with van der Waals surface area (Å²) in [6.45, 7) is 2.04. The van der Waals surface area contributed by atoms with E-state index in [4.69, 9.17) is 0 Å². The molecule has 114 valence electrons. The van der Waals surface area contributed by atoms with Crippen molar-refractivity contribution in [2.24, 2.45) is 0 Å². The molecule has 0 saturated carbocycles. The predicted octanol–water partition coefficient (Wildman–Crippen LogP) is 3.85. The SMILES string of the molecule is Cc1ccc(/C=C/NC(=O)Nc2ccc(N(C)C)cc2)cc1. The standard InChI is InChI=1S/C18H21N3O/c1-14-4-6-15(7-5-14)12-13-19-18(22)20-16-8-10-17(11-9-16)21(2)3/h4-13H,1-3H3,(H2,19,20,22)/b13-12+. The summed E-state index contributed by atoms with van der Waals surface area (Å²) in [5.74, 6) is 0. The van der Waals surface area contributed by atoms with E-state index in [9.17, 15) is 4.79 Å². The number of carbonyl (C=O) groups excluding carboxylic acids is 1. The van der Waals surface area contributed by atoms with Crippen molar-refractivity contribution in [2.45, 2.75) is 6.92 Å². The smallest absolute Gasteiger partial charge is 0.323 e. The summed E-state index contributed by atoms with van der Waals surface area (Å²) in [4.78, 5) is 13.8. The largest absolute Gasteiger partial charge is 0.378 e. The second-order valence-corrected chi connectivity index (χ2v) is 5.28. The van der Waals surface area contributed by atoms with E-state index in [0.29, 0.717) is 0 Å². The molecular weight excluding hydrogens is 274 g/mol. The third kappa shape index (κ3) is 4.66. The highest BCUT2D eigenvalue weighted by Crippen LogP contribution is 2.15. The molecule has 4 nitrogen and oxygen atoms in total. The summed E-state index contributed by atoms with van der Waals surface area (Å²) in [5.41, 5.74) is 4.10. The van der Waals surface area contributed by atoms with Crippen LogP contribution in [-0.2, 0) is 0 Å². The number of urea groups is 1. The van der Waals surface area contributed by atoms with Gasteiger partial charge in [0, 0.05) is 31.7 Å². The van der Waals surface area contributed by atoms with Crippen LogP contribution in [-0.4, -0.2) is 20.1 Å². The first kappa shape index (κ1) is 15.6. The van der Waals surface area contributed by atoms with Crippen molar-refractivity contribution in [3.8, 4) is 0 Å². The van der Waals surface area contributed by atoms with Crippen LogP contribution in [0.3, 0.4) is 0 Å². The first-order chi connectivity index (χ1) is 10.5. The predicted molar refractivity (Wildman–Crippen MR) is 93.1 cm³/mol. The number of hydrogen-bond acceptors (Lipinski definition) is 2. The first-order valence-corrected chi connectivity index (χ1v) is 7.13. The van der Waals surface area contributed by atoms with Crippen molar-refractivity contribution in [1.82, 2.24) is 5.32 Å². The van der Waals surface area contributed by atoms with Crippen molar-refractivity contribution < 1.29 is 4.79 Å². The fourth-order valence-electron chi connectivity index (χ4n) is 1.90. The molecule has 0 aliphatic heterocycles. The summed E-state index contributed by atoms with van der Waals surface area (Å²) >= 11 is 0. The van der Waals surface area contributed by atoms with Gasteiger partial charge >= 0.3 is 6.03 Å². The molecule has 2 amide bonds. The summed E-state index contributed by atoms with van der Waals surface area (Å²) < 4.78 is 0. The number of anilines is 2. The van der Waals surface area contributed by atoms with Crippen molar-refractivity contribution in [2.75, 3.05) is 24.3 Å². The summed E-state index contributed by atoms with van der Waals surface area (Å²) in [6.07, 6.45) is 3.49. The Kier molecular flexibility index (Phi) is 5.20. The molecule has 4 heteroatoms. The average molecular weight is 295 g/mol. The molecule has 2 aromatic rings. The van der Waals surface area contributed by atoms with Gasteiger partial charge in [-0.2, -0.15) is 0 Å². The van der Waals surface area contributed by atoms with Gasteiger partial charge in [-0.15, -0.1) is 0 Å². The molecule has 0 bridgehead atoms. The number of aryl methyl sites for hydroxylation is 1. The maximum Gasteiger partial charge on any atom is 0.323 e. The maximum atomic E-state index is 11.8. The minimum absolute atomic E-state index is 0.263. The zero-order chi connectivity index (χ0) is 15.9. The monoisotopic (exact) mass is 295 g/mol. The molecular formula is C18H21N3O. The molecule has 0 unspecified atom stereocenters. The molecule has 0 aliphatic rings. The van der Waals surface area contributed by atoms with Gasteiger partial charge in [-0.25, -0.2) is 4.79 Å². The van der Waals surface area contributed by atoms with E-state index in [1.54, 1.807) is 6.20 Å². The van der Waals surface area contributed by atoms with E-state index in [1.165, 1.54) is 5.56 Å². The molecule has 0 atom stereocenters. The van der Waals surface area contributed by atoms with Gasteiger partial charge in [0.25, 0.3) is 0 Å². The van der Waals surface area contributed by atoms with Crippen LogP contribution in [0, 0.1) is 6.92 Å². The number of hydrogen-bond donors (Lipinski definition) is 2. The number of nitrogens with zero attached hydrogens (tertiary/aromatic N) is 1. The molecule has 0 fully saturated rings. The van der Waals surface area contributed by atoms with Gasteiger partial charge < -0.3 is 15.5 Å². The lowest BCUT2D eigenvalue weighted by molar-refractivity contribution is 0.255. The molecule has 0 spiro atoms. The van der Waals surface area contributed by atoms with Crippen LogP contribution in [0.4, 0.5) is 16.2 Å². The van der Waals surface area contributed by atoms with Crippen LogP contribution >= 0.6 is 0 Å². The second-order valence-electron chi connectivity index (χ2n) is 5.28. The lowest BCUT2D eigenvalue weighted by Crippen LogP contribution is -2.23. The molecule has 0 heterocycles. The van der Waals surface area contributed by atoms with E-state index in [-0.39, 0.29) is 6.03 Å². The summed E-state index contributed by atoms with van der Waals surface area (Å²) in [5, 5.41) is 5.47. The molecule has 2 rings (SSSR count). The van der Waals surface area contributed by atoms with Crippen LogP contribution < -0.4 is 15.5 Å². The highest BCUT2D eigenvalue weighted by molar-refractivity contribution is 5.90. The van der Waals surface area contributed by atoms with Crippen molar-refractivity contribution in [1.29, 1.82) is 0 Å². The Morgan fingerprint density at radius 3 is 2.23 bits per heavy atom. The average Bonchev–Trinajstić information content (AvgIpc) is 2.50. The van der Waals surface area contributed by atoms with Crippen LogP contribution in [0.1, 0.15) is 11.1 Å². The fourth-order valence-corrected chi connectivity index (χ4v) is 1.90. The third-order valence-electron chi connectivity index (χ3n) is 3.21. The number of nitrogens with one attached hydrogen (secondary N) is 2. The van der Waals surface area contributed by atoms with E-state index in [1.807, 2.05) is 80.5 Å².